The van der Waals surface area contributed by atoms with Crippen molar-refractivity contribution in [2.75, 3.05) is 12.9 Å². The first kappa shape index (κ1) is 17.6. The van der Waals surface area contributed by atoms with Crippen LogP contribution < -0.4 is 0 Å². The molecular weight excluding hydrogens is 331 g/mol. The van der Waals surface area contributed by atoms with E-state index in [0.717, 1.165) is 10.9 Å². The maximum Gasteiger partial charge on any atom is 0.264 e. The molecule has 0 radical (unpaired) electrons. The molecule has 0 aromatic heterocycles. The smallest absolute Gasteiger partial charge is 0.264 e. The van der Waals surface area contributed by atoms with Gasteiger partial charge in [0, 0.05) is 30.3 Å². The summed E-state index contributed by atoms with van der Waals surface area (Å²) >= 11 is 0. The summed E-state index contributed by atoms with van der Waals surface area (Å²) < 4.78 is 28.8. The van der Waals surface area contributed by atoms with E-state index in [2.05, 4.69) is 9.39 Å². The van der Waals surface area contributed by atoms with Crippen molar-refractivity contribution >= 4 is 25.4 Å². The number of amides is 1. The van der Waals surface area contributed by atoms with Gasteiger partial charge in [0.05, 0.1) is 12.4 Å². The van der Waals surface area contributed by atoms with Crippen LogP contribution in [0.25, 0.3) is 0 Å². The molecule has 10 heteroatoms. The second-order valence-corrected chi connectivity index (χ2v) is 7.88. The first-order chi connectivity index (χ1) is 10.1. The molecule has 1 aliphatic carbocycles. The SMILES string of the molecule is CC1=CN(C2CC(CO)C(OS(C)(=O)=O)C2)C(O)N(P)C1=O. The molecule has 1 heterocycles. The minimum absolute atomic E-state index is 0.202. The Hall–Kier alpha value is -0.730. The normalized spacial score (nSPS) is 33.3. The number of aliphatic hydroxyl groups excluding tert-OH is 2. The van der Waals surface area contributed by atoms with Crippen LogP contribution in [-0.2, 0) is 19.1 Å². The Balaban J connectivity index is 2.18. The summed E-state index contributed by atoms with van der Waals surface area (Å²) in [5, 5.41) is 19.6. The molecule has 5 unspecified atom stereocenters. The van der Waals surface area contributed by atoms with Crippen LogP contribution in [0.3, 0.4) is 0 Å². The number of nitrogens with zero attached hydrogens (tertiary/aromatic N) is 2. The Labute approximate surface area is 132 Å². The molecule has 5 atom stereocenters. The van der Waals surface area contributed by atoms with Gasteiger partial charge in [-0.1, -0.05) is 0 Å². The Morgan fingerprint density at radius 2 is 2.09 bits per heavy atom. The number of aliphatic hydroxyl groups is 2. The summed E-state index contributed by atoms with van der Waals surface area (Å²) in [5.74, 6) is -0.634. The van der Waals surface area contributed by atoms with Crippen molar-refractivity contribution < 1.29 is 27.6 Å². The summed E-state index contributed by atoms with van der Waals surface area (Å²) in [6, 6.07) is -0.231. The van der Waals surface area contributed by atoms with Gasteiger partial charge < -0.3 is 15.1 Å². The Bertz CT molecular complexity index is 580. The van der Waals surface area contributed by atoms with Crippen molar-refractivity contribution in [2.24, 2.45) is 5.92 Å². The molecule has 0 saturated heterocycles. The lowest BCUT2D eigenvalue weighted by Gasteiger charge is -2.40. The summed E-state index contributed by atoms with van der Waals surface area (Å²) in [5.41, 5.74) is 0.466. The van der Waals surface area contributed by atoms with Gasteiger partial charge in [-0.3, -0.25) is 13.6 Å². The summed E-state index contributed by atoms with van der Waals surface area (Å²) in [6.45, 7) is 1.44. The molecule has 8 nitrogen and oxygen atoms in total. The molecule has 0 spiro atoms. The third-order valence-corrected chi connectivity index (χ3v) is 5.09. The van der Waals surface area contributed by atoms with E-state index < -0.39 is 22.6 Å². The quantitative estimate of drug-likeness (QED) is 0.505. The largest absolute Gasteiger partial charge is 0.396 e. The Morgan fingerprint density at radius 3 is 2.64 bits per heavy atom. The fourth-order valence-electron chi connectivity index (χ4n) is 2.93. The minimum atomic E-state index is -3.62. The lowest BCUT2D eigenvalue weighted by Crippen LogP contribution is -2.51. The van der Waals surface area contributed by atoms with E-state index in [4.69, 9.17) is 4.18 Å². The average molecular weight is 352 g/mol. The molecule has 1 aliphatic heterocycles. The lowest BCUT2D eigenvalue weighted by molar-refractivity contribution is -0.141. The van der Waals surface area contributed by atoms with Crippen LogP contribution in [0.5, 0.6) is 0 Å². The number of hydrogen-bond donors (Lipinski definition) is 2. The number of hydrogen-bond acceptors (Lipinski definition) is 7. The van der Waals surface area contributed by atoms with Crippen molar-refractivity contribution in [3.05, 3.63) is 11.8 Å². The highest BCUT2D eigenvalue weighted by molar-refractivity contribution is 7.86. The number of carbonyl (C=O) groups is 1. The van der Waals surface area contributed by atoms with Gasteiger partial charge in [-0.25, -0.2) is 0 Å². The van der Waals surface area contributed by atoms with E-state index >= 15 is 0 Å². The third kappa shape index (κ3) is 3.60. The van der Waals surface area contributed by atoms with Crippen molar-refractivity contribution in [3.63, 3.8) is 0 Å². The van der Waals surface area contributed by atoms with Crippen LogP contribution in [0.2, 0.25) is 0 Å². The van der Waals surface area contributed by atoms with Gasteiger partial charge in [-0.05, 0) is 29.2 Å². The van der Waals surface area contributed by atoms with E-state index in [1.807, 2.05) is 0 Å². The van der Waals surface area contributed by atoms with Crippen LogP contribution in [0.4, 0.5) is 0 Å². The Morgan fingerprint density at radius 1 is 1.45 bits per heavy atom. The summed E-state index contributed by atoms with van der Waals surface area (Å²) in [4.78, 5) is 13.4. The molecule has 2 N–H and O–H groups in total. The molecule has 0 bridgehead atoms. The summed E-state index contributed by atoms with van der Waals surface area (Å²) in [6.07, 6.45) is 1.55. The Kier molecular flexibility index (Phi) is 5.13. The maximum absolute atomic E-state index is 11.8. The zero-order valence-corrected chi connectivity index (χ0v) is 14.4. The molecule has 0 aromatic carbocycles. The maximum atomic E-state index is 11.8. The number of rotatable bonds is 4. The average Bonchev–Trinajstić information content (AvgIpc) is 2.81. The van der Waals surface area contributed by atoms with E-state index in [1.54, 1.807) is 18.0 Å². The van der Waals surface area contributed by atoms with Gasteiger partial charge in [0.1, 0.15) is 0 Å². The van der Waals surface area contributed by atoms with Crippen LogP contribution in [0.1, 0.15) is 19.8 Å². The molecule has 1 fully saturated rings. The van der Waals surface area contributed by atoms with Crippen LogP contribution >= 0.6 is 9.39 Å². The molecule has 126 valence electrons. The second kappa shape index (κ2) is 6.41. The van der Waals surface area contributed by atoms with E-state index in [0.29, 0.717) is 18.4 Å². The predicted octanol–water partition coefficient (Wildman–Crippen LogP) is -0.784. The van der Waals surface area contributed by atoms with Crippen molar-refractivity contribution in [3.8, 4) is 0 Å². The van der Waals surface area contributed by atoms with Crippen LogP contribution in [0.15, 0.2) is 11.8 Å². The van der Waals surface area contributed by atoms with Gasteiger partial charge in [0.2, 0.25) is 6.35 Å². The first-order valence-corrected chi connectivity index (χ1v) is 9.18. The topological polar surface area (TPSA) is 107 Å². The van der Waals surface area contributed by atoms with Gasteiger partial charge in [-0.2, -0.15) is 8.42 Å². The van der Waals surface area contributed by atoms with E-state index in [-0.39, 0.29) is 24.5 Å². The van der Waals surface area contributed by atoms with Gasteiger partial charge >= 0.3 is 0 Å². The monoisotopic (exact) mass is 352 g/mol. The number of carbonyl (C=O) groups excluding carboxylic acids is 1. The third-order valence-electron chi connectivity index (χ3n) is 3.99. The lowest BCUT2D eigenvalue weighted by atomic mass is 10.1. The van der Waals surface area contributed by atoms with E-state index in [9.17, 15) is 23.4 Å². The highest BCUT2D eigenvalue weighted by Gasteiger charge is 2.42. The van der Waals surface area contributed by atoms with Crippen molar-refractivity contribution in [2.45, 2.75) is 38.3 Å². The van der Waals surface area contributed by atoms with E-state index in [1.165, 1.54) is 0 Å². The predicted molar refractivity (Wildman–Crippen MR) is 81.5 cm³/mol. The highest BCUT2D eigenvalue weighted by Crippen LogP contribution is 2.36. The molecule has 1 saturated carbocycles. The van der Waals surface area contributed by atoms with Crippen LogP contribution in [-0.4, -0.2) is 65.5 Å². The van der Waals surface area contributed by atoms with Crippen molar-refractivity contribution in [1.82, 2.24) is 9.57 Å². The fourth-order valence-corrected chi connectivity index (χ4v) is 3.97. The molecule has 22 heavy (non-hydrogen) atoms. The molecule has 0 aromatic rings. The fraction of sp³-hybridized carbons (Fsp3) is 0.750. The molecule has 2 rings (SSSR count). The minimum Gasteiger partial charge on any atom is -0.396 e. The zero-order valence-electron chi connectivity index (χ0n) is 12.4. The molecule has 1 amide bonds. The van der Waals surface area contributed by atoms with Gasteiger partial charge in [0.25, 0.3) is 16.0 Å². The van der Waals surface area contributed by atoms with Gasteiger partial charge in [0.15, 0.2) is 0 Å². The summed E-state index contributed by atoms with van der Waals surface area (Å²) in [7, 11) is -1.45. The van der Waals surface area contributed by atoms with Gasteiger partial charge in [-0.15, -0.1) is 0 Å². The zero-order chi connectivity index (χ0) is 16.7. The van der Waals surface area contributed by atoms with Crippen LogP contribution in [0, 0.1) is 5.92 Å². The van der Waals surface area contributed by atoms with Crippen molar-refractivity contribution in [1.29, 1.82) is 0 Å². The highest BCUT2D eigenvalue weighted by atomic mass is 32.2. The molecule has 2 aliphatic rings. The first-order valence-electron chi connectivity index (χ1n) is 6.85. The standard InChI is InChI=1S/C12H21N2O6PS/c1-7-5-13(12(17)14(21)11(7)16)9-3-8(6-15)10(4-9)20-22(2,18)19/h5,8-10,12,15,17H,3-4,6,21H2,1-2H3. The second-order valence-electron chi connectivity index (χ2n) is 5.72. The molecular formula is C12H21N2O6PS.